The Kier molecular flexibility index (Phi) is 5.22. The molecule has 0 saturated carbocycles. The van der Waals surface area contributed by atoms with Crippen molar-refractivity contribution in [3.05, 3.63) is 82.7 Å². The predicted octanol–water partition coefficient (Wildman–Crippen LogP) is 5.00. The summed E-state index contributed by atoms with van der Waals surface area (Å²) in [6.07, 6.45) is 4.74. The van der Waals surface area contributed by atoms with Crippen molar-refractivity contribution in [1.29, 1.82) is 0 Å². The van der Waals surface area contributed by atoms with Gasteiger partial charge in [-0.15, -0.1) is 0 Å². The van der Waals surface area contributed by atoms with E-state index >= 15 is 0 Å². The van der Waals surface area contributed by atoms with Crippen molar-refractivity contribution in [3.8, 4) is 17.1 Å². The summed E-state index contributed by atoms with van der Waals surface area (Å²) in [7, 11) is 0. The molecule has 0 spiro atoms. The summed E-state index contributed by atoms with van der Waals surface area (Å²) < 4.78 is 21.0. The van der Waals surface area contributed by atoms with E-state index in [2.05, 4.69) is 15.2 Å². The van der Waals surface area contributed by atoms with Gasteiger partial charge < -0.3 is 9.42 Å². The lowest BCUT2D eigenvalue weighted by Gasteiger charge is -2.23. The van der Waals surface area contributed by atoms with Gasteiger partial charge in [-0.1, -0.05) is 28.9 Å². The largest absolute Gasteiger partial charge is 0.337 e. The van der Waals surface area contributed by atoms with E-state index in [9.17, 15) is 9.18 Å². The summed E-state index contributed by atoms with van der Waals surface area (Å²) in [6, 6.07) is 10.9. The number of hydrogen-bond donors (Lipinski definition) is 0. The number of rotatable bonds is 4. The van der Waals surface area contributed by atoms with Crippen molar-refractivity contribution in [3.63, 3.8) is 0 Å². The Morgan fingerprint density at radius 1 is 1.25 bits per heavy atom. The summed E-state index contributed by atoms with van der Waals surface area (Å²) in [6.45, 7) is 2.43. The first-order chi connectivity index (χ1) is 15.5. The highest BCUT2D eigenvalue weighted by molar-refractivity contribution is 6.31. The number of halogens is 2. The van der Waals surface area contributed by atoms with Crippen LogP contribution in [0.4, 0.5) is 4.39 Å². The van der Waals surface area contributed by atoms with E-state index in [1.807, 2.05) is 19.1 Å². The Labute approximate surface area is 188 Å². The summed E-state index contributed by atoms with van der Waals surface area (Å²) in [4.78, 5) is 19.8. The smallest absolute Gasteiger partial charge is 0.256 e. The third-order valence-electron chi connectivity index (χ3n) is 5.69. The Morgan fingerprint density at radius 2 is 2.12 bits per heavy atom. The third kappa shape index (κ3) is 3.56. The molecule has 2 aromatic carbocycles. The molecule has 0 aliphatic carbocycles. The average Bonchev–Trinajstić information content (AvgIpc) is 3.55. The molecule has 1 aliphatic heterocycles. The second-order valence-electron chi connectivity index (χ2n) is 7.64. The molecule has 5 rings (SSSR count). The number of carbonyl (C=O) groups excluding carboxylic acids is 1. The number of nitrogens with zero attached hydrogens (tertiary/aromatic N) is 5. The van der Waals surface area contributed by atoms with Gasteiger partial charge in [0.1, 0.15) is 11.9 Å². The lowest BCUT2D eigenvalue weighted by atomic mass is 10.1. The molecule has 1 amide bonds. The fraction of sp³-hybridized carbons (Fsp3) is 0.217. The molecule has 7 nitrogen and oxygen atoms in total. The maximum atomic E-state index is 13.9. The van der Waals surface area contributed by atoms with Gasteiger partial charge in [0.25, 0.3) is 5.91 Å². The number of amides is 1. The standard InChI is InChI=1S/C23H19ClFN5O2/c1-14-16(5-2-6-18(14)24)21-27-22(32-28-21)19-7-3-11-29(19)23(31)17-9-8-15(25)13-20(17)30-12-4-10-26-30/h2,4-6,8-10,12-13,19H,3,7,11H2,1H3. The zero-order valence-electron chi connectivity index (χ0n) is 17.2. The number of benzene rings is 2. The molecule has 1 unspecified atom stereocenters. The minimum atomic E-state index is -0.441. The van der Waals surface area contributed by atoms with Gasteiger partial charge in [-0.05, 0) is 49.6 Å². The van der Waals surface area contributed by atoms with Gasteiger partial charge >= 0.3 is 0 Å². The lowest BCUT2D eigenvalue weighted by molar-refractivity contribution is 0.0710. The first-order valence-corrected chi connectivity index (χ1v) is 10.6. The van der Waals surface area contributed by atoms with Crippen LogP contribution in [0.1, 0.15) is 40.7 Å². The van der Waals surface area contributed by atoms with Crippen molar-refractivity contribution in [1.82, 2.24) is 24.8 Å². The van der Waals surface area contributed by atoms with E-state index in [-0.39, 0.29) is 11.9 Å². The Morgan fingerprint density at radius 3 is 2.94 bits per heavy atom. The van der Waals surface area contributed by atoms with E-state index in [0.29, 0.717) is 41.0 Å². The van der Waals surface area contributed by atoms with Crippen LogP contribution in [0.2, 0.25) is 5.02 Å². The molecule has 9 heteroatoms. The fourth-order valence-corrected chi connectivity index (χ4v) is 4.21. The molecular formula is C23H19ClFN5O2. The van der Waals surface area contributed by atoms with E-state index in [0.717, 1.165) is 17.5 Å². The summed E-state index contributed by atoms with van der Waals surface area (Å²) in [5, 5.41) is 8.90. The van der Waals surface area contributed by atoms with Crippen molar-refractivity contribution in [2.75, 3.05) is 6.54 Å². The second-order valence-corrected chi connectivity index (χ2v) is 8.04. The number of likely N-dealkylation sites (tertiary alicyclic amines) is 1. The Balaban J connectivity index is 1.47. The highest BCUT2D eigenvalue weighted by atomic mass is 35.5. The molecule has 0 radical (unpaired) electrons. The first-order valence-electron chi connectivity index (χ1n) is 10.2. The van der Waals surface area contributed by atoms with Crippen LogP contribution in [-0.4, -0.2) is 37.3 Å². The van der Waals surface area contributed by atoms with Gasteiger partial charge in [0.05, 0.1) is 11.3 Å². The second kappa shape index (κ2) is 8.20. The minimum Gasteiger partial charge on any atom is -0.337 e. The third-order valence-corrected chi connectivity index (χ3v) is 6.10. The van der Waals surface area contributed by atoms with Crippen LogP contribution in [0.15, 0.2) is 59.4 Å². The van der Waals surface area contributed by atoms with Crippen LogP contribution in [-0.2, 0) is 0 Å². The quantitative estimate of drug-likeness (QED) is 0.436. The molecule has 0 N–H and O–H groups in total. The van der Waals surface area contributed by atoms with Crippen molar-refractivity contribution in [2.45, 2.75) is 25.8 Å². The van der Waals surface area contributed by atoms with Crippen molar-refractivity contribution < 1.29 is 13.7 Å². The van der Waals surface area contributed by atoms with E-state index in [1.54, 1.807) is 29.4 Å². The topological polar surface area (TPSA) is 77.0 Å². The molecule has 1 fully saturated rings. The van der Waals surface area contributed by atoms with E-state index < -0.39 is 5.82 Å². The van der Waals surface area contributed by atoms with Gasteiger partial charge in [0.15, 0.2) is 0 Å². The van der Waals surface area contributed by atoms with Gasteiger partial charge in [-0.3, -0.25) is 4.79 Å². The van der Waals surface area contributed by atoms with Gasteiger partial charge in [-0.25, -0.2) is 9.07 Å². The maximum absolute atomic E-state index is 13.9. The SMILES string of the molecule is Cc1c(Cl)cccc1-c1noc(C2CCCN2C(=O)c2ccc(F)cc2-n2cccn2)n1. The van der Waals surface area contributed by atoms with Crippen LogP contribution in [0.5, 0.6) is 0 Å². The first kappa shape index (κ1) is 20.4. The molecule has 0 bridgehead atoms. The monoisotopic (exact) mass is 451 g/mol. The fourth-order valence-electron chi connectivity index (χ4n) is 4.04. The summed E-state index contributed by atoms with van der Waals surface area (Å²) in [5.41, 5.74) is 2.37. The van der Waals surface area contributed by atoms with Crippen molar-refractivity contribution >= 4 is 17.5 Å². The van der Waals surface area contributed by atoms with Gasteiger partial charge in [0, 0.05) is 35.6 Å². The lowest BCUT2D eigenvalue weighted by Crippen LogP contribution is -2.31. The van der Waals surface area contributed by atoms with Crippen LogP contribution in [0.3, 0.4) is 0 Å². The zero-order chi connectivity index (χ0) is 22.2. The van der Waals surface area contributed by atoms with Crippen molar-refractivity contribution in [2.24, 2.45) is 0 Å². The number of carbonyl (C=O) groups is 1. The van der Waals surface area contributed by atoms with E-state index in [1.165, 1.54) is 22.9 Å². The molecule has 2 aromatic heterocycles. The van der Waals surface area contributed by atoms with Gasteiger partial charge in [-0.2, -0.15) is 10.1 Å². The Hall–Kier alpha value is -3.52. The van der Waals surface area contributed by atoms with Crippen LogP contribution in [0.25, 0.3) is 17.1 Å². The average molecular weight is 452 g/mol. The predicted molar refractivity (Wildman–Crippen MR) is 116 cm³/mol. The molecule has 1 saturated heterocycles. The Bertz CT molecular complexity index is 1290. The summed E-state index contributed by atoms with van der Waals surface area (Å²) in [5.74, 6) is 0.117. The van der Waals surface area contributed by atoms with Gasteiger partial charge in [0.2, 0.25) is 11.7 Å². The van der Waals surface area contributed by atoms with E-state index in [4.69, 9.17) is 16.1 Å². The normalized spacial score (nSPS) is 16.0. The highest BCUT2D eigenvalue weighted by Gasteiger charge is 2.35. The zero-order valence-corrected chi connectivity index (χ0v) is 18.0. The molecule has 3 heterocycles. The van der Waals surface area contributed by atoms with Crippen LogP contribution in [0, 0.1) is 12.7 Å². The highest BCUT2D eigenvalue weighted by Crippen LogP contribution is 2.35. The van der Waals surface area contributed by atoms with Crippen LogP contribution >= 0.6 is 11.6 Å². The number of hydrogen-bond acceptors (Lipinski definition) is 5. The maximum Gasteiger partial charge on any atom is 0.256 e. The molecule has 1 aliphatic rings. The minimum absolute atomic E-state index is 0.239. The molecule has 1 atom stereocenters. The molecular weight excluding hydrogens is 433 g/mol. The molecule has 162 valence electrons. The summed E-state index contributed by atoms with van der Waals surface area (Å²) >= 11 is 6.23. The van der Waals surface area contributed by atoms with Crippen LogP contribution < -0.4 is 0 Å². The molecule has 4 aromatic rings. The number of aromatic nitrogens is 4. The molecule has 32 heavy (non-hydrogen) atoms.